The maximum atomic E-state index is 4.29. The molecule has 2 heterocycles. The zero-order valence-electron chi connectivity index (χ0n) is 8.36. The molecule has 1 aromatic heterocycles. The molecule has 0 saturated carbocycles. The van der Waals surface area contributed by atoms with Crippen molar-refractivity contribution in [2.75, 3.05) is 13.1 Å². The van der Waals surface area contributed by atoms with Crippen LogP contribution >= 0.6 is 11.3 Å². The fourth-order valence-corrected chi connectivity index (χ4v) is 2.66. The van der Waals surface area contributed by atoms with Crippen molar-refractivity contribution in [2.45, 2.75) is 6.42 Å². The van der Waals surface area contributed by atoms with Crippen LogP contribution < -0.4 is 5.32 Å². The lowest BCUT2D eigenvalue weighted by Gasteiger charge is -2.13. The van der Waals surface area contributed by atoms with E-state index in [1.54, 1.807) is 11.3 Å². The molecule has 0 bridgehead atoms. The van der Waals surface area contributed by atoms with Crippen LogP contribution in [0.25, 0.3) is 15.8 Å². The number of nitrogens with one attached hydrogen (secondary N) is 1. The third-order valence-electron chi connectivity index (χ3n) is 2.77. The highest BCUT2D eigenvalue weighted by Gasteiger charge is 2.06. The van der Waals surface area contributed by atoms with Crippen LogP contribution in [0.3, 0.4) is 0 Å². The van der Waals surface area contributed by atoms with E-state index in [-0.39, 0.29) is 0 Å². The van der Waals surface area contributed by atoms with Gasteiger partial charge in [-0.15, -0.1) is 11.3 Å². The smallest absolute Gasteiger partial charge is 0.0812 e. The zero-order chi connectivity index (χ0) is 10.1. The number of fused-ring (bicyclic) bond motifs is 1. The Morgan fingerprint density at radius 1 is 1.33 bits per heavy atom. The van der Waals surface area contributed by atoms with Crippen molar-refractivity contribution in [3.63, 3.8) is 0 Å². The number of benzene rings is 1. The summed E-state index contributed by atoms with van der Waals surface area (Å²) in [5.74, 6) is 0. The lowest BCUT2D eigenvalue weighted by molar-refractivity contribution is 0.739. The van der Waals surface area contributed by atoms with Crippen molar-refractivity contribution >= 4 is 27.1 Å². The molecule has 0 fully saturated rings. The second-order valence-electron chi connectivity index (χ2n) is 3.72. The van der Waals surface area contributed by atoms with Gasteiger partial charge in [0, 0.05) is 6.54 Å². The van der Waals surface area contributed by atoms with Crippen molar-refractivity contribution in [2.24, 2.45) is 0 Å². The second kappa shape index (κ2) is 3.76. The highest BCUT2D eigenvalue weighted by molar-refractivity contribution is 7.16. The van der Waals surface area contributed by atoms with Crippen molar-refractivity contribution in [3.05, 3.63) is 35.3 Å². The van der Waals surface area contributed by atoms with Crippen LogP contribution in [0.2, 0.25) is 0 Å². The van der Waals surface area contributed by atoms with Gasteiger partial charge in [0.2, 0.25) is 0 Å². The van der Waals surface area contributed by atoms with Gasteiger partial charge in [-0.25, -0.2) is 4.98 Å². The summed E-state index contributed by atoms with van der Waals surface area (Å²) in [6, 6.07) is 6.55. The van der Waals surface area contributed by atoms with E-state index in [9.17, 15) is 0 Å². The van der Waals surface area contributed by atoms with Crippen molar-refractivity contribution in [1.82, 2.24) is 10.3 Å². The minimum Gasteiger partial charge on any atom is -0.313 e. The molecular weight excluding hydrogens is 204 g/mol. The summed E-state index contributed by atoms with van der Waals surface area (Å²) in [4.78, 5) is 4.29. The topological polar surface area (TPSA) is 24.9 Å². The highest BCUT2D eigenvalue weighted by Crippen LogP contribution is 2.25. The molecule has 1 aliphatic rings. The molecule has 0 atom stereocenters. The molecule has 0 amide bonds. The normalized spacial score (nSPS) is 16.7. The Labute approximate surface area is 92.7 Å². The third-order valence-corrected chi connectivity index (χ3v) is 3.56. The van der Waals surface area contributed by atoms with Gasteiger partial charge >= 0.3 is 0 Å². The molecule has 0 spiro atoms. The summed E-state index contributed by atoms with van der Waals surface area (Å²) in [5, 5.41) is 3.33. The summed E-state index contributed by atoms with van der Waals surface area (Å²) in [7, 11) is 0. The third kappa shape index (κ3) is 1.68. The highest BCUT2D eigenvalue weighted by atomic mass is 32.1. The predicted octanol–water partition coefficient (Wildman–Crippen LogP) is 2.67. The first-order valence-electron chi connectivity index (χ1n) is 5.17. The Bertz CT molecular complexity index is 513. The summed E-state index contributed by atoms with van der Waals surface area (Å²) in [5.41, 5.74) is 5.83. The van der Waals surface area contributed by atoms with E-state index < -0.39 is 0 Å². The number of thiazole rings is 1. The van der Waals surface area contributed by atoms with Crippen molar-refractivity contribution in [1.29, 1.82) is 0 Å². The lowest BCUT2D eigenvalue weighted by Crippen LogP contribution is -2.19. The maximum absolute atomic E-state index is 4.29. The molecule has 76 valence electrons. The van der Waals surface area contributed by atoms with Crippen LogP contribution in [-0.2, 0) is 0 Å². The van der Waals surface area contributed by atoms with Crippen LogP contribution in [0.15, 0.2) is 29.8 Å². The molecule has 0 unspecified atom stereocenters. The minimum absolute atomic E-state index is 0.996. The average molecular weight is 216 g/mol. The van der Waals surface area contributed by atoms with E-state index in [1.165, 1.54) is 15.8 Å². The van der Waals surface area contributed by atoms with Crippen molar-refractivity contribution < 1.29 is 0 Å². The summed E-state index contributed by atoms with van der Waals surface area (Å²) < 4.78 is 1.28. The lowest BCUT2D eigenvalue weighted by atomic mass is 10.0. The number of hydrogen-bond donors (Lipinski definition) is 1. The molecular formula is C12H12N2S. The average Bonchev–Trinajstić information content (AvgIpc) is 2.77. The van der Waals surface area contributed by atoms with E-state index in [0.29, 0.717) is 0 Å². The number of hydrogen-bond acceptors (Lipinski definition) is 3. The first-order chi connectivity index (χ1) is 7.43. The van der Waals surface area contributed by atoms with Crippen LogP contribution in [0.4, 0.5) is 0 Å². The minimum atomic E-state index is 0.996. The fourth-order valence-electron chi connectivity index (χ4n) is 1.94. The maximum Gasteiger partial charge on any atom is 0.0812 e. The van der Waals surface area contributed by atoms with E-state index in [1.807, 2.05) is 5.51 Å². The molecule has 0 radical (unpaired) electrons. The Morgan fingerprint density at radius 3 is 3.20 bits per heavy atom. The van der Waals surface area contributed by atoms with Crippen LogP contribution in [0.1, 0.15) is 12.0 Å². The number of rotatable bonds is 1. The fraction of sp³-hybridized carbons (Fsp3) is 0.250. The molecule has 15 heavy (non-hydrogen) atoms. The van der Waals surface area contributed by atoms with Gasteiger partial charge in [-0.2, -0.15) is 0 Å². The van der Waals surface area contributed by atoms with Gasteiger partial charge in [0.15, 0.2) is 0 Å². The number of aromatic nitrogens is 1. The molecule has 2 aromatic rings. The molecule has 1 aromatic carbocycles. The zero-order valence-corrected chi connectivity index (χ0v) is 9.18. The van der Waals surface area contributed by atoms with Crippen molar-refractivity contribution in [3.8, 4) is 0 Å². The predicted molar refractivity (Wildman–Crippen MR) is 65.1 cm³/mol. The van der Waals surface area contributed by atoms with Crippen LogP contribution in [0, 0.1) is 0 Å². The molecule has 0 saturated heterocycles. The summed E-state index contributed by atoms with van der Waals surface area (Å²) in [6.07, 6.45) is 3.41. The van der Waals surface area contributed by atoms with E-state index >= 15 is 0 Å². The van der Waals surface area contributed by atoms with Gasteiger partial charge in [0.25, 0.3) is 0 Å². The largest absolute Gasteiger partial charge is 0.313 e. The summed E-state index contributed by atoms with van der Waals surface area (Å²) >= 11 is 1.71. The van der Waals surface area contributed by atoms with Crippen LogP contribution in [0.5, 0.6) is 0 Å². The summed E-state index contributed by atoms with van der Waals surface area (Å²) in [6.45, 7) is 2.09. The van der Waals surface area contributed by atoms with E-state index in [2.05, 4.69) is 34.6 Å². The first-order valence-corrected chi connectivity index (χ1v) is 6.05. The van der Waals surface area contributed by atoms with Crippen LogP contribution in [-0.4, -0.2) is 18.1 Å². The van der Waals surface area contributed by atoms with E-state index in [4.69, 9.17) is 0 Å². The van der Waals surface area contributed by atoms with Gasteiger partial charge in [0.1, 0.15) is 0 Å². The molecule has 1 aliphatic heterocycles. The molecule has 3 rings (SSSR count). The quantitative estimate of drug-likeness (QED) is 0.792. The second-order valence-corrected chi connectivity index (χ2v) is 4.60. The van der Waals surface area contributed by atoms with E-state index in [0.717, 1.165) is 25.0 Å². The molecule has 0 aliphatic carbocycles. The van der Waals surface area contributed by atoms with Gasteiger partial charge < -0.3 is 5.32 Å². The Balaban J connectivity index is 2.06. The molecule has 3 heteroatoms. The molecule has 1 N–H and O–H groups in total. The molecule has 2 nitrogen and oxygen atoms in total. The van der Waals surface area contributed by atoms with Gasteiger partial charge in [-0.1, -0.05) is 12.1 Å². The first kappa shape index (κ1) is 9.07. The number of nitrogens with zero attached hydrogens (tertiary/aromatic N) is 1. The van der Waals surface area contributed by atoms with Gasteiger partial charge in [-0.05, 0) is 36.2 Å². The Hall–Kier alpha value is -1.19. The SMILES string of the molecule is C1=C(c2ccc3ncsc3c2)CCNC1. The Kier molecular flexibility index (Phi) is 2.27. The monoisotopic (exact) mass is 216 g/mol. The van der Waals surface area contributed by atoms with Gasteiger partial charge in [-0.3, -0.25) is 0 Å². The van der Waals surface area contributed by atoms with Gasteiger partial charge in [0.05, 0.1) is 15.7 Å². The standard InChI is InChI=1S/C12H12N2S/c1-2-11-12(15-8-14-11)7-10(1)9-3-5-13-6-4-9/h1-3,7-8,13H,4-6H2. The Morgan fingerprint density at radius 2 is 2.33 bits per heavy atom.